The van der Waals surface area contributed by atoms with Crippen LogP contribution in [0.5, 0.6) is 11.5 Å². The average molecular weight is 615 g/mol. The number of ether oxygens (including phenoxy) is 1. The maximum atomic E-state index is 10.2. The number of anilines is 3. The molecular formula is C35H43ClN6O2. The second-order valence-electron chi connectivity index (χ2n) is 10.7. The van der Waals surface area contributed by atoms with Gasteiger partial charge in [0.05, 0.1) is 23.8 Å². The fourth-order valence-electron chi connectivity index (χ4n) is 5.02. The number of pyridine rings is 2. The Kier molecular flexibility index (Phi) is 12.0. The van der Waals surface area contributed by atoms with E-state index < -0.39 is 0 Å². The summed E-state index contributed by atoms with van der Waals surface area (Å²) in [7, 11) is 1.68. The lowest BCUT2D eigenvalue weighted by Gasteiger charge is -2.19. The minimum absolute atomic E-state index is 0.323. The summed E-state index contributed by atoms with van der Waals surface area (Å²) in [5, 5.41) is 19.8. The van der Waals surface area contributed by atoms with Crippen LogP contribution in [0.4, 0.5) is 17.1 Å². The Labute approximate surface area is 265 Å². The van der Waals surface area contributed by atoms with E-state index in [2.05, 4.69) is 46.3 Å². The fourth-order valence-corrected chi connectivity index (χ4v) is 5.18. The van der Waals surface area contributed by atoms with Crippen LogP contribution in [0.25, 0.3) is 21.8 Å². The van der Waals surface area contributed by atoms with Crippen LogP contribution in [-0.4, -0.2) is 52.8 Å². The standard InChI is InChI=1S/C20H22ClN3O.C15H21N3O/c1-3-24(4-2)13-14-11-16(6-8-20(14)25)23-18-9-10-22-19-12-15(21)5-7-17(18)19;1-11(5-3-7-16)18-14-10-13(19-2)9-12-6-4-8-17-15(12)14/h5-12,25H,3-4,13H2,1-2H3,(H,22,23);4,6,8-11,18H,3,5,7,16H2,1-2H3. The van der Waals surface area contributed by atoms with Crippen molar-refractivity contribution in [2.45, 2.75) is 46.2 Å². The van der Waals surface area contributed by atoms with Crippen molar-refractivity contribution in [3.63, 3.8) is 0 Å². The minimum atomic E-state index is 0.323. The molecule has 5 aromatic rings. The molecule has 0 aliphatic heterocycles. The van der Waals surface area contributed by atoms with Gasteiger partial charge >= 0.3 is 0 Å². The molecule has 0 spiro atoms. The van der Waals surface area contributed by atoms with Gasteiger partial charge in [-0.25, -0.2) is 0 Å². The molecule has 0 aliphatic carbocycles. The van der Waals surface area contributed by atoms with Gasteiger partial charge in [0.25, 0.3) is 0 Å². The molecule has 0 bridgehead atoms. The van der Waals surface area contributed by atoms with Crippen molar-refractivity contribution in [1.82, 2.24) is 14.9 Å². The fraction of sp³-hybridized carbons (Fsp3) is 0.314. The number of fused-ring (bicyclic) bond motifs is 2. The van der Waals surface area contributed by atoms with Crippen molar-refractivity contribution >= 4 is 50.5 Å². The third kappa shape index (κ3) is 8.72. The first-order chi connectivity index (χ1) is 21.3. The molecule has 5 rings (SSSR count). The molecule has 0 saturated carbocycles. The zero-order chi connectivity index (χ0) is 31.5. The number of nitrogens with one attached hydrogen (secondary N) is 2. The Morgan fingerprint density at radius 1 is 0.977 bits per heavy atom. The zero-order valence-electron chi connectivity index (χ0n) is 26.0. The molecule has 1 unspecified atom stereocenters. The molecule has 0 aliphatic rings. The van der Waals surface area contributed by atoms with Crippen LogP contribution in [0, 0.1) is 0 Å². The smallest absolute Gasteiger partial charge is 0.121 e. The minimum Gasteiger partial charge on any atom is -0.508 e. The Bertz CT molecular complexity index is 1660. The normalized spacial score (nSPS) is 11.7. The highest BCUT2D eigenvalue weighted by Crippen LogP contribution is 2.30. The summed E-state index contributed by atoms with van der Waals surface area (Å²) in [6.07, 6.45) is 5.63. The molecule has 232 valence electrons. The molecule has 44 heavy (non-hydrogen) atoms. The Hall–Kier alpha value is -4.11. The lowest BCUT2D eigenvalue weighted by Crippen LogP contribution is -2.22. The highest BCUT2D eigenvalue weighted by atomic mass is 35.5. The molecule has 3 aromatic carbocycles. The molecule has 5 N–H and O–H groups in total. The quantitative estimate of drug-likeness (QED) is 0.105. The number of methoxy groups -OCH3 is 1. The van der Waals surface area contributed by atoms with E-state index in [0.717, 1.165) is 89.2 Å². The third-order valence-corrected chi connectivity index (χ3v) is 7.74. The van der Waals surface area contributed by atoms with Crippen molar-refractivity contribution in [3.8, 4) is 11.5 Å². The van der Waals surface area contributed by atoms with E-state index in [0.29, 0.717) is 16.8 Å². The molecule has 9 heteroatoms. The number of hydrogen-bond acceptors (Lipinski definition) is 8. The number of hydrogen-bond donors (Lipinski definition) is 4. The van der Waals surface area contributed by atoms with Gasteiger partial charge in [-0.15, -0.1) is 0 Å². The van der Waals surface area contributed by atoms with Gasteiger partial charge in [0.2, 0.25) is 0 Å². The Balaban J connectivity index is 0.000000209. The van der Waals surface area contributed by atoms with Gasteiger partial charge in [-0.05, 0) is 94.0 Å². The summed E-state index contributed by atoms with van der Waals surface area (Å²) in [5.41, 5.74) is 11.2. The van der Waals surface area contributed by atoms with Crippen molar-refractivity contribution in [2.24, 2.45) is 5.73 Å². The average Bonchev–Trinajstić information content (AvgIpc) is 3.04. The predicted molar refractivity (Wildman–Crippen MR) is 184 cm³/mol. The van der Waals surface area contributed by atoms with Crippen molar-refractivity contribution in [1.29, 1.82) is 0 Å². The van der Waals surface area contributed by atoms with Crippen molar-refractivity contribution in [3.05, 3.63) is 89.7 Å². The predicted octanol–water partition coefficient (Wildman–Crippen LogP) is 7.96. The number of rotatable bonds is 12. The number of halogens is 1. The van der Waals surface area contributed by atoms with Gasteiger partial charge < -0.3 is 26.2 Å². The summed E-state index contributed by atoms with van der Waals surface area (Å²) >= 11 is 6.05. The summed E-state index contributed by atoms with van der Waals surface area (Å²) in [4.78, 5) is 11.1. The van der Waals surface area contributed by atoms with Crippen LogP contribution in [0.15, 0.2) is 79.1 Å². The van der Waals surface area contributed by atoms with Crippen molar-refractivity contribution in [2.75, 3.05) is 37.4 Å². The van der Waals surface area contributed by atoms with E-state index in [4.69, 9.17) is 22.1 Å². The molecule has 2 aromatic heterocycles. The highest BCUT2D eigenvalue weighted by Gasteiger charge is 2.10. The summed E-state index contributed by atoms with van der Waals surface area (Å²) in [5.74, 6) is 1.16. The van der Waals surface area contributed by atoms with Crippen LogP contribution in [0.2, 0.25) is 5.02 Å². The molecule has 0 saturated heterocycles. The molecule has 1 atom stereocenters. The van der Waals surface area contributed by atoms with E-state index in [9.17, 15) is 5.11 Å². The number of aromatic nitrogens is 2. The lowest BCUT2D eigenvalue weighted by molar-refractivity contribution is 0.291. The maximum Gasteiger partial charge on any atom is 0.121 e. The van der Waals surface area contributed by atoms with Gasteiger partial charge in [0.1, 0.15) is 11.5 Å². The third-order valence-electron chi connectivity index (χ3n) is 7.51. The molecule has 8 nitrogen and oxygen atoms in total. The van der Waals surface area contributed by atoms with Gasteiger partial charge in [-0.1, -0.05) is 31.5 Å². The number of benzene rings is 3. The first-order valence-corrected chi connectivity index (χ1v) is 15.5. The van der Waals surface area contributed by atoms with E-state index in [1.807, 2.05) is 66.9 Å². The van der Waals surface area contributed by atoms with Crippen LogP contribution in [-0.2, 0) is 6.54 Å². The molecule has 0 fully saturated rings. The van der Waals surface area contributed by atoms with E-state index in [1.54, 1.807) is 19.4 Å². The van der Waals surface area contributed by atoms with E-state index in [1.165, 1.54) is 0 Å². The Morgan fingerprint density at radius 3 is 2.55 bits per heavy atom. The monoisotopic (exact) mass is 614 g/mol. The first-order valence-electron chi connectivity index (χ1n) is 15.1. The number of phenols is 1. The van der Waals surface area contributed by atoms with Gasteiger partial charge in [0, 0.05) is 63.8 Å². The number of nitrogens with zero attached hydrogens (tertiary/aromatic N) is 3. The Morgan fingerprint density at radius 2 is 1.80 bits per heavy atom. The summed E-state index contributed by atoms with van der Waals surface area (Å²) in [6, 6.07) is 21.6. The largest absolute Gasteiger partial charge is 0.508 e. The van der Waals surface area contributed by atoms with Crippen molar-refractivity contribution < 1.29 is 9.84 Å². The van der Waals surface area contributed by atoms with Gasteiger partial charge in [0.15, 0.2) is 0 Å². The summed E-state index contributed by atoms with van der Waals surface area (Å²) < 4.78 is 5.34. The molecule has 0 radical (unpaired) electrons. The zero-order valence-corrected chi connectivity index (χ0v) is 26.7. The summed E-state index contributed by atoms with van der Waals surface area (Å²) in [6.45, 7) is 9.74. The van der Waals surface area contributed by atoms with E-state index >= 15 is 0 Å². The molecule has 2 heterocycles. The number of nitrogens with two attached hydrogens (primary N) is 1. The van der Waals surface area contributed by atoms with Crippen LogP contribution in [0.1, 0.15) is 39.2 Å². The maximum absolute atomic E-state index is 10.2. The van der Waals surface area contributed by atoms with Crippen LogP contribution in [0.3, 0.4) is 0 Å². The SMILES string of the molecule is CCN(CC)Cc1cc(Nc2ccnc3cc(Cl)ccc23)ccc1O.COc1cc(NC(C)CCCN)c2ncccc2c1. The van der Waals surface area contributed by atoms with E-state index in [-0.39, 0.29) is 0 Å². The van der Waals surface area contributed by atoms with Crippen LogP contribution >= 0.6 is 11.6 Å². The topological polar surface area (TPSA) is 109 Å². The molecule has 0 amide bonds. The molecular weight excluding hydrogens is 572 g/mol. The number of aromatic hydroxyl groups is 1. The second kappa shape index (κ2) is 16.1. The van der Waals surface area contributed by atoms with Crippen LogP contribution < -0.4 is 21.1 Å². The van der Waals surface area contributed by atoms with Gasteiger partial charge in [-0.2, -0.15) is 0 Å². The highest BCUT2D eigenvalue weighted by molar-refractivity contribution is 6.31. The second-order valence-corrected chi connectivity index (χ2v) is 11.1. The first kappa shape index (κ1) is 32.8. The number of phenolic OH excluding ortho intramolecular Hbond substituents is 1. The van der Waals surface area contributed by atoms with Gasteiger partial charge in [-0.3, -0.25) is 14.9 Å². The lowest BCUT2D eigenvalue weighted by atomic mass is 10.1.